The van der Waals surface area contributed by atoms with Gasteiger partial charge in [-0.05, 0) is 24.6 Å². The molecule has 2 aromatic rings. The van der Waals surface area contributed by atoms with Crippen LogP contribution in [0.2, 0.25) is 5.02 Å². The van der Waals surface area contributed by atoms with Crippen molar-refractivity contribution >= 4 is 22.9 Å². The normalized spacial score (nSPS) is 11.1. The van der Waals surface area contributed by atoms with Crippen molar-refractivity contribution < 1.29 is 9.13 Å². The van der Waals surface area contributed by atoms with Crippen LogP contribution in [0.15, 0.2) is 18.2 Å². The van der Waals surface area contributed by atoms with Gasteiger partial charge in [0.1, 0.15) is 5.01 Å². The largest absolute Gasteiger partial charge is 0.427 e. The predicted molar refractivity (Wildman–Crippen MR) is 77.9 cm³/mol. The van der Waals surface area contributed by atoms with E-state index in [0.29, 0.717) is 17.7 Å². The highest BCUT2D eigenvalue weighted by molar-refractivity contribution is 7.13. The molecule has 0 saturated carbocycles. The first-order valence-corrected chi connectivity index (χ1v) is 7.40. The number of hydrogen-bond donors (Lipinski definition) is 1. The molecule has 0 radical (unpaired) electrons. The van der Waals surface area contributed by atoms with E-state index in [0.717, 1.165) is 11.6 Å². The van der Waals surface area contributed by atoms with E-state index in [2.05, 4.69) is 29.4 Å². The number of nitrogens with one attached hydrogen (secondary N) is 1. The smallest absolute Gasteiger partial charge is 0.299 e. The Labute approximate surface area is 125 Å². The Hall–Kier alpha value is -1.24. The lowest BCUT2D eigenvalue weighted by Crippen LogP contribution is -2.18. The summed E-state index contributed by atoms with van der Waals surface area (Å²) in [6.07, 6.45) is 0. The number of rotatable bonds is 6. The van der Waals surface area contributed by atoms with Crippen LogP contribution >= 0.6 is 22.9 Å². The maximum atomic E-state index is 13.7. The van der Waals surface area contributed by atoms with E-state index in [1.165, 1.54) is 23.5 Å². The van der Waals surface area contributed by atoms with Crippen LogP contribution in [-0.2, 0) is 6.54 Å². The number of benzene rings is 1. The average molecular weight is 316 g/mol. The molecule has 1 aromatic carbocycles. The van der Waals surface area contributed by atoms with Gasteiger partial charge >= 0.3 is 0 Å². The van der Waals surface area contributed by atoms with Crippen molar-refractivity contribution in [3.63, 3.8) is 0 Å². The van der Waals surface area contributed by atoms with Crippen molar-refractivity contribution in [2.75, 3.05) is 6.54 Å². The zero-order valence-corrected chi connectivity index (χ0v) is 12.8. The standard InChI is InChI=1S/C13H15ClFN3OS/c1-8(2)6-16-7-11-17-18-13(20-11)19-10-5-3-4-9(14)12(10)15/h3-5,8,16H,6-7H2,1-2H3. The van der Waals surface area contributed by atoms with Crippen molar-refractivity contribution in [1.82, 2.24) is 15.5 Å². The Morgan fingerprint density at radius 1 is 1.40 bits per heavy atom. The molecule has 0 fully saturated rings. The number of ether oxygens (including phenoxy) is 1. The molecular formula is C13H15ClFN3OS. The summed E-state index contributed by atoms with van der Waals surface area (Å²) < 4.78 is 19.0. The quantitative estimate of drug-likeness (QED) is 0.879. The van der Waals surface area contributed by atoms with Crippen LogP contribution in [0.5, 0.6) is 10.9 Å². The number of nitrogens with zero attached hydrogens (tertiary/aromatic N) is 2. The topological polar surface area (TPSA) is 47.0 Å². The summed E-state index contributed by atoms with van der Waals surface area (Å²) in [5.41, 5.74) is 0. The summed E-state index contributed by atoms with van der Waals surface area (Å²) in [6.45, 7) is 5.78. The van der Waals surface area contributed by atoms with Gasteiger partial charge in [-0.3, -0.25) is 0 Å². The fourth-order valence-electron chi connectivity index (χ4n) is 1.48. The van der Waals surface area contributed by atoms with Gasteiger partial charge < -0.3 is 10.1 Å². The summed E-state index contributed by atoms with van der Waals surface area (Å²) >= 11 is 6.96. The number of aromatic nitrogens is 2. The fourth-order valence-corrected chi connectivity index (χ4v) is 2.31. The molecule has 0 spiro atoms. The van der Waals surface area contributed by atoms with Crippen LogP contribution in [0.1, 0.15) is 18.9 Å². The summed E-state index contributed by atoms with van der Waals surface area (Å²) in [5.74, 6) is 0.0263. The van der Waals surface area contributed by atoms with Crippen LogP contribution in [0.25, 0.3) is 0 Å². The van der Waals surface area contributed by atoms with Gasteiger partial charge in [0.15, 0.2) is 11.6 Å². The Morgan fingerprint density at radius 3 is 2.95 bits per heavy atom. The third-order valence-electron chi connectivity index (χ3n) is 2.39. The monoisotopic (exact) mass is 315 g/mol. The molecular weight excluding hydrogens is 301 g/mol. The third kappa shape index (κ3) is 4.13. The van der Waals surface area contributed by atoms with E-state index >= 15 is 0 Å². The van der Waals surface area contributed by atoms with Crippen LogP contribution in [0.3, 0.4) is 0 Å². The maximum absolute atomic E-state index is 13.7. The molecule has 0 bridgehead atoms. The molecule has 0 aliphatic rings. The third-order valence-corrected chi connectivity index (χ3v) is 3.48. The van der Waals surface area contributed by atoms with Gasteiger partial charge in [0.05, 0.1) is 5.02 Å². The summed E-state index contributed by atoms with van der Waals surface area (Å²) in [5, 5.41) is 12.2. The Morgan fingerprint density at radius 2 is 2.20 bits per heavy atom. The molecule has 0 aliphatic heterocycles. The summed E-state index contributed by atoms with van der Waals surface area (Å²) in [4.78, 5) is 0. The molecule has 4 nitrogen and oxygen atoms in total. The Balaban J connectivity index is 1.97. The second kappa shape index (κ2) is 6.97. The van der Waals surface area contributed by atoms with Gasteiger partial charge in [-0.25, -0.2) is 4.39 Å². The summed E-state index contributed by atoms with van der Waals surface area (Å²) in [7, 11) is 0. The van der Waals surface area contributed by atoms with Crippen molar-refractivity contribution in [1.29, 1.82) is 0 Å². The molecule has 0 amide bonds. The lowest BCUT2D eigenvalue weighted by Gasteiger charge is -2.04. The molecule has 108 valence electrons. The first kappa shape index (κ1) is 15.2. The summed E-state index contributed by atoms with van der Waals surface area (Å²) in [6, 6.07) is 4.58. The van der Waals surface area contributed by atoms with E-state index < -0.39 is 5.82 Å². The highest BCUT2D eigenvalue weighted by Crippen LogP contribution is 2.30. The van der Waals surface area contributed by atoms with Crippen molar-refractivity contribution in [3.8, 4) is 10.9 Å². The van der Waals surface area contributed by atoms with Crippen LogP contribution in [0.4, 0.5) is 4.39 Å². The highest BCUT2D eigenvalue weighted by atomic mass is 35.5. The lowest BCUT2D eigenvalue weighted by atomic mass is 10.2. The minimum atomic E-state index is -0.594. The average Bonchev–Trinajstić information content (AvgIpc) is 2.82. The van der Waals surface area contributed by atoms with Crippen LogP contribution in [-0.4, -0.2) is 16.7 Å². The van der Waals surface area contributed by atoms with E-state index in [9.17, 15) is 4.39 Å². The molecule has 0 aliphatic carbocycles. The van der Waals surface area contributed by atoms with Crippen molar-refractivity contribution in [3.05, 3.63) is 34.0 Å². The lowest BCUT2D eigenvalue weighted by molar-refractivity contribution is 0.435. The molecule has 7 heteroatoms. The minimum Gasteiger partial charge on any atom is -0.427 e. The highest BCUT2D eigenvalue weighted by Gasteiger charge is 2.11. The van der Waals surface area contributed by atoms with E-state index in [-0.39, 0.29) is 10.8 Å². The van der Waals surface area contributed by atoms with Crippen molar-refractivity contribution in [2.24, 2.45) is 5.92 Å². The zero-order valence-electron chi connectivity index (χ0n) is 11.2. The molecule has 0 saturated heterocycles. The first-order chi connectivity index (χ1) is 9.56. The number of halogens is 2. The van der Waals surface area contributed by atoms with Gasteiger partial charge in [-0.1, -0.05) is 48.0 Å². The predicted octanol–water partition coefficient (Wildman–Crippen LogP) is 3.87. The molecule has 20 heavy (non-hydrogen) atoms. The van der Waals surface area contributed by atoms with E-state index in [1.807, 2.05) is 0 Å². The van der Waals surface area contributed by atoms with E-state index in [4.69, 9.17) is 16.3 Å². The molecule has 1 aromatic heterocycles. The van der Waals surface area contributed by atoms with Gasteiger partial charge in [0, 0.05) is 6.54 Å². The second-order valence-corrected chi connectivity index (χ2v) is 6.07. The van der Waals surface area contributed by atoms with Gasteiger partial charge in [0.2, 0.25) is 0 Å². The zero-order chi connectivity index (χ0) is 14.5. The van der Waals surface area contributed by atoms with Crippen LogP contribution < -0.4 is 10.1 Å². The Bertz CT molecular complexity index is 576. The fraction of sp³-hybridized carbons (Fsp3) is 0.385. The molecule has 1 N–H and O–H groups in total. The minimum absolute atomic E-state index is 0.0193. The van der Waals surface area contributed by atoms with Gasteiger partial charge in [-0.2, -0.15) is 0 Å². The molecule has 1 heterocycles. The van der Waals surface area contributed by atoms with Gasteiger partial charge in [-0.15, -0.1) is 5.10 Å². The molecule has 0 unspecified atom stereocenters. The second-order valence-electron chi connectivity index (χ2n) is 4.64. The SMILES string of the molecule is CC(C)CNCc1nnc(Oc2cccc(Cl)c2F)s1. The number of hydrogen-bond acceptors (Lipinski definition) is 5. The van der Waals surface area contributed by atoms with Crippen molar-refractivity contribution in [2.45, 2.75) is 20.4 Å². The van der Waals surface area contributed by atoms with E-state index in [1.54, 1.807) is 6.07 Å². The van der Waals surface area contributed by atoms with Gasteiger partial charge in [0.25, 0.3) is 5.19 Å². The van der Waals surface area contributed by atoms with Crippen LogP contribution in [0, 0.1) is 11.7 Å². The maximum Gasteiger partial charge on any atom is 0.299 e. The molecule has 0 atom stereocenters. The molecule has 2 rings (SSSR count). The first-order valence-electron chi connectivity index (χ1n) is 6.21. The Kier molecular flexibility index (Phi) is 5.28.